The van der Waals surface area contributed by atoms with Crippen LogP contribution in [0, 0.1) is 6.92 Å². The third-order valence-electron chi connectivity index (χ3n) is 3.88. The molecule has 0 bridgehead atoms. The fourth-order valence-electron chi connectivity index (χ4n) is 2.44. The molecule has 0 heterocycles. The Hall–Kier alpha value is -1.31. The van der Waals surface area contributed by atoms with Crippen LogP contribution in [0.25, 0.3) is 0 Å². The van der Waals surface area contributed by atoms with E-state index in [1.807, 2.05) is 31.2 Å². The molecule has 2 heteroatoms. The maximum atomic E-state index is 11.9. The molecule has 0 aliphatic heterocycles. The highest BCUT2D eigenvalue weighted by molar-refractivity contribution is 5.94. The predicted molar refractivity (Wildman–Crippen MR) is 90.7 cm³/mol. The Morgan fingerprint density at radius 1 is 0.857 bits per heavy atom. The number of carbonyl (C=O) groups is 1. The van der Waals surface area contributed by atoms with Gasteiger partial charge in [0.2, 0.25) is 0 Å². The van der Waals surface area contributed by atoms with Gasteiger partial charge in [0.15, 0.2) is 0 Å². The Kier molecular flexibility index (Phi) is 9.60. The summed E-state index contributed by atoms with van der Waals surface area (Å²) in [5, 5.41) is 3.00. The monoisotopic (exact) mass is 289 g/mol. The summed E-state index contributed by atoms with van der Waals surface area (Å²) in [6, 6.07) is 7.74. The SMILES string of the molecule is CCCCCCCCCCCNC(=O)c1ccc(C)cc1. The van der Waals surface area contributed by atoms with Gasteiger partial charge in [-0.15, -0.1) is 0 Å². The molecule has 0 unspecified atom stereocenters. The van der Waals surface area contributed by atoms with E-state index in [4.69, 9.17) is 0 Å². The van der Waals surface area contributed by atoms with Crippen molar-refractivity contribution in [2.75, 3.05) is 6.54 Å². The maximum absolute atomic E-state index is 11.9. The zero-order valence-corrected chi connectivity index (χ0v) is 13.8. The van der Waals surface area contributed by atoms with Crippen LogP contribution >= 0.6 is 0 Å². The molecule has 0 fully saturated rings. The van der Waals surface area contributed by atoms with Gasteiger partial charge in [-0.3, -0.25) is 4.79 Å². The minimum absolute atomic E-state index is 0.0505. The van der Waals surface area contributed by atoms with Gasteiger partial charge in [-0.1, -0.05) is 76.0 Å². The van der Waals surface area contributed by atoms with Crippen molar-refractivity contribution in [2.24, 2.45) is 0 Å². The van der Waals surface area contributed by atoms with E-state index < -0.39 is 0 Å². The number of amides is 1. The third-order valence-corrected chi connectivity index (χ3v) is 3.88. The molecule has 0 aliphatic rings. The van der Waals surface area contributed by atoms with Crippen molar-refractivity contribution in [2.45, 2.75) is 71.6 Å². The molecule has 0 aliphatic carbocycles. The Balaban J connectivity index is 1.96. The van der Waals surface area contributed by atoms with E-state index in [1.165, 1.54) is 56.9 Å². The predicted octanol–water partition coefficient (Wildman–Crippen LogP) is 5.26. The van der Waals surface area contributed by atoms with Gasteiger partial charge >= 0.3 is 0 Å². The molecular formula is C19H31NO. The smallest absolute Gasteiger partial charge is 0.251 e. The Morgan fingerprint density at radius 2 is 1.38 bits per heavy atom. The highest BCUT2D eigenvalue weighted by atomic mass is 16.1. The normalized spacial score (nSPS) is 10.6. The van der Waals surface area contributed by atoms with Gasteiger partial charge < -0.3 is 5.32 Å². The summed E-state index contributed by atoms with van der Waals surface area (Å²) in [4.78, 5) is 11.9. The second-order valence-corrected chi connectivity index (χ2v) is 5.95. The van der Waals surface area contributed by atoms with E-state index in [-0.39, 0.29) is 5.91 Å². The first-order valence-corrected chi connectivity index (χ1v) is 8.59. The van der Waals surface area contributed by atoms with Gasteiger partial charge in [0, 0.05) is 12.1 Å². The van der Waals surface area contributed by atoms with Crippen LogP contribution < -0.4 is 5.32 Å². The van der Waals surface area contributed by atoms with Crippen LogP contribution in [0.1, 0.15) is 80.6 Å². The maximum Gasteiger partial charge on any atom is 0.251 e. The molecule has 2 nitrogen and oxygen atoms in total. The van der Waals surface area contributed by atoms with Crippen LogP contribution in [0.3, 0.4) is 0 Å². The molecular weight excluding hydrogens is 258 g/mol. The lowest BCUT2D eigenvalue weighted by Gasteiger charge is -2.06. The van der Waals surface area contributed by atoms with E-state index >= 15 is 0 Å². The highest BCUT2D eigenvalue weighted by Gasteiger charge is 2.03. The Bertz CT molecular complexity index is 383. The summed E-state index contributed by atoms with van der Waals surface area (Å²) in [5.41, 5.74) is 1.95. The quantitative estimate of drug-likeness (QED) is 0.553. The van der Waals surface area contributed by atoms with Crippen LogP contribution in [0.2, 0.25) is 0 Å². The van der Waals surface area contributed by atoms with Crippen LogP contribution in [0.4, 0.5) is 0 Å². The van der Waals surface area contributed by atoms with Crippen molar-refractivity contribution in [3.63, 3.8) is 0 Å². The molecule has 0 atom stereocenters. The van der Waals surface area contributed by atoms with Gasteiger partial charge in [-0.05, 0) is 25.5 Å². The average molecular weight is 289 g/mol. The lowest BCUT2D eigenvalue weighted by Crippen LogP contribution is -2.24. The van der Waals surface area contributed by atoms with Crippen molar-refractivity contribution in [1.29, 1.82) is 0 Å². The first kappa shape index (κ1) is 17.7. The fourth-order valence-corrected chi connectivity index (χ4v) is 2.44. The molecule has 118 valence electrons. The number of rotatable bonds is 11. The lowest BCUT2D eigenvalue weighted by molar-refractivity contribution is 0.0953. The molecule has 0 aromatic heterocycles. The number of benzene rings is 1. The van der Waals surface area contributed by atoms with E-state index in [0.29, 0.717) is 0 Å². The van der Waals surface area contributed by atoms with Crippen LogP contribution in [0.15, 0.2) is 24.3 Å². The molecule has 21 heavy (non-hydrogen) atoms. The largest absolute Gasteiger partial charge is 0.352 e. The fraction of sp³-hybridized carbons (Fsp3) is 0.632. The second-order valence-electron chi connectivity index (χ2n) is 5.95. The molecule has 1 amide bonds. The molecule has 1 N–H and O–H groups in total. The van der Waals surface area contributed by atoms with E-state index in [9.17, 15) is 4.79 Å². The van der Waals surface area contributed by atoms with Gasteiger partial charge in [0.05, 0.1) is 0 Å². The summed E-state index contributed by atoms with van der Waals surface area (Å²) < 4.78 is 0. The molecule has 0 saturated heterocycles. The standard InChI is InChI=1S/C19H31NO/c1-3-4-5-6-7-8-9-10-11-16-20-19(21)18-14-12-17(2)13-15-18/h12-15H,3-11,16H2,1-2H3,(H,20,21). The molecule has 0 radical (unpaired) electrons. The summed E-state index contributed by atoms with van der Waals surface area (Å²) >= 11 is 0. The summed E-state index contributed by atoms with van der Waals surface area (Å²) in [6.07, 6.45) is 11.8. The highest BCUT2D eigenvalue weighted by Crippen LogP contribution is 2.09. The van der Waals surface area contributed by atoms with Crippen molar-refractivity contribution >= 4 is 5.91 Å². The number of aryl methyl sites for hydroxylation is 1. The second kappa shape index (κ2) is 11.4. The molecule has 0 spiro atoms. The van der Waals surface area contributed by atoms with Gasteiger partial charge in [0.1, 0.15) is 0 Å². The number of hydrogen-bond acceptors (Lipinski definition) is 1. The number of carbonyl (C=O) groups excluding carboxylic acids is 1. The summed E-state index contributed by atoms with van der Waals surface area (Å²) in [7, 11) is 0. The average Bonchev–Trinajstić information content (AvgIpc) is 2.49. The minimum Gasteiger partial charge on any atom is -0.352 e. The molecule has 1 aromatic carbocycles. The lowest BCUT2D eigenvalue weighted by atomic mass is 10.1. The van der Waals surface area contributed by atoms with E-state index in [1.54, 1.807) is 0 Å². The molecule has 1 aromatic rings. The molecule has 1 rings (SSSR count). The van der Waals surface area contributed by atoms with Gasteiger partial charge in [-0.25, -0.2) is 0 Å². The number of unbranched alkanes of at least 4 members (excludes halogenated alkanes) is 8. The first-order chi connectivity index (χ1) is 10.2. The van der Waals surface area contributed by atoms with Crippen LogP contribution in [0.5, 0.6) is 0 Å². The van der Waals surface area contributed by atoms with Crippen LogP contribution in [-0.4, -0.2) is 12.5 Å². The zero-order valence-electron chi connectivity index (χ0n) is 13.8. The molecule has 0 saturated carbocycles. The first-order valence-electron chi connectivity index (χ1n) is 8.59. The minimum atomic E-state index is 0.0505. The number of nitrogens with one attached hydrogen (secondary N) is 1. The van der Waals surface area contributed by atoms with E-state index in [0.717, 1.165) is 18.5 Å². The van der Waals surface area contributed by atoms with Gasteiger partial charge in [0.25, 0.3) is 5.91 Å². The summed E-state index contributed by atoms with van der Waals surface area (Å²) in [5.74, 6) is 0.0505. The van der Waals surface area contributed by atoms with E-state index in [2.05, 4.69) is 12.2 Å². The zero-order chi connectivity index (χ0) is 15.3. The van der Waals surface area contributed by atoms with Crippen molar-refractivity contribution in [3.8, 4) is 0 Å². The van der Waals surface area contributed by atoms with Gasteiger partial charge in [-0.2, -0.15) is 0 Å². The third kappa shape index (κ3) is 8.54. The van der Waals surface area contributed by atoms with Crippen molar-refractivity contribution in [3.05, 3.63) is 35.4 Å². The number of hydrogen-bond donors (Lipinski definition) is 1. The van der Waals surface area contributed by atoms with Crippen LogP contribution in [-0.2, 0) is 0 Å². The Morgan fingerprint density at radius 3 is 1.95 bits per heavy atom. The van der Waals surface area contributed by atoms with Crippen molar-refractivity contribution < 1.29 is 4.79 Å². The van der Waals surface area contributed by atoms with Crippen molar-refractivity contribution in [1.82, 2.24) is 5.32 Å². The summed E-state index contributed by atoms with van der Waals surface area (Å²) in [6.45, 7) is 5.08. The topological polar surface area (TPSA) is 29.1 Å². The Labute approximate surface area is 130 Å².